The second-order valence-corrected chi connectivity index (χ2v) is 14.1. The molecule has 3 aliphatic rings. The lowest BCUT2D eigenvalue weighted by atomic mass is 9.87. The first-order chi connectivity index (χ1) is 22.5. The minimum atomic E-state index is -0.740. The molecule has 1 aliphatic carbocycles. The van der Waals surface area contributed by atoms with Crippen molar-refractivity contribution >= 4 is 57.6 Å². The maximum atomic E-state index is 13.9. The van der Waals surface area contributed by atoms with Crippen LogP contribution >= 0.6 is 23.2 Å². The van der Waals surface area contributed by atoms with Crippen LogP contribution < -0.4 is 5.32 Å². The van der Waals surface area contributed by atoms with Crippen molar-refractivity contribution in [3.05, 3.63) is 63.8 Å². The third-order valence-electron chi connectivity index (χ3n) is 9.78. The maximum Gasteiger partial charge on any atom is 0.306 e. The van der Waals surface area contributed by atoms with Gasteiger partial charge in [-0.25, -0.2) is 0 Å². The molecule has 2 aromatic carbocycles. The quantitative estimate of drug-likeness (QED) is 0.252. The number of benzene rings is 2. The molecule has 0 unspecified atom stereocenters. The van der Waals surface area contributed by atoms with E-state index in [1.165, 1.54) is 0 Å². The molecule has 3 heterocycles. The number of nitrogens with zero attached hydrogens (tertiary/aromatic N) is 2. The molecule has 252 valence electrons. The molecule has 12 heteroatoms. The summed E-state index contributed by atoms with van der Waals surface area (Å²) in [5, 5.41) is 13.6. The predicted molar refractivity (Wildman–Crippen MR) is 181 cm³/mol. The molecule has 2 amide bonds. The Kier molecular flexibility index (Phi) is 10.4. The van der Waals surface area contributed by atoms with Gasteiger partial charge in [0.25, 0.3) is 5.91 Å². The van der Waals surface area contributed by atoms with Crippen LogP contribution in [0, 0.1) is 5.92 Å². The van der Waals surface area contributed by atoms with Gasteiger partial charge in [-0.3, -0.25) is 19.3 Å². The molecule has 10 nitrogen and oxygen atoms in total. The number of aromatic amines is 1. The Bertz CT molecular complexity index is 1610. The van der Waals surface area contributed by atoms with Gasteiger partial charge in [0.05, 0.1) is 59.6 Å². The summed E-state index contributed by atoms with van der Waals surface area (Å²) < 4.78 is 12.3. The van der Waals surface area contributed by atoms with Gasteiger partial charge >= 0.3 is 5.97 Å². The maximum absolute atomic E-state index is 13.9. The Morgan fingerprint density at radius 2 is 1.74 bits per heavy atom. The Morgan fingerprint density at radius 1 is 1.02 bits per heavy atom. The third kappa shape index (κ3) is 7.78. The number of carbonyl (C=O) groups excluding carboxylic acids is 2. The zero-order valence-electron chi connectivity index (χ0n) is 26.7. The molecule has 1 saturated carbocycles. The average molecular weight is 686 g/mol. The van der Waals surface area contributed by atoms with E-state index in [1.54, 1.807) is 18.3 Å². The highest BCUT2D eigenvalue weighted by molar-refractivity contribution is 6.36. The number of amides is 2. The summed E-state index contributed by atoms with van der Waals surface area (Å²) in [5.74, 6) is -1.44. The number of nitrogens with one attached hydrogen (secondary N) is 2. The number of carboxylic acid groups (broad SMARTS) is 1. The highest BCUT2D eigenvalue weighted by Crippen LogP contribution is 2.33. The smallest absolute Gasteiger partial charge is 0.306 e. The second-order valence-electron chi connectivity index (χ2n) is 13.2. The van der Waals surface area contributed by atoms with Crippen LogP contribution in [-0.4, -0.2) is 94.3 Å². The Morgan fingerprint density at radius 3 is 2.47 bits per heavy atom. The molecular formula is C35H42Cl2N4O6. The minimum Gasteiger partial charge on any atom is -0.481 e. The van der Waals surface area contributed by atoms with Crippen LogP contribution in [0.1, 0.15) is 61.9 Å². The largest absolute Gasteiger partial charge is 0.481 e. The summed E-state index contributed by atoms with van der Waals surface area (Å²) in [6.45, 7) is 6.73. The molecule has 2 saturated heterocycles. The van der Waals surface area contributed by atoms with Crippen molar-refractivity contribution in [1.29, 1.82) is 0 Å². The van der Waals surface area contributed by atoms with E-state index in [4.69, 9.17) is 32.7 Å². The minimum absolute atomic E-state index is 0.00899. The summed E-state index contributed by atoms with van der Waals surface area (Å²) in [6, 6.07) is 10.8. The normalized spacial score (nSPS) is 26.9. The van der Waals surface area contributed by atoms with Gasteiger partial charge in [-0.2, -0.15) is 0 Å². The van der Waals surface area contributed by atoms with E-state index in [0.717, 1.165) is 30.4 Å². The number of H-pyrrole nitrogens is 1. The fourth-order valence-corrected chi connectivity index (χ4v) is 7.86. The Hall–Kier alpha value is -3.15. The number of morpholine rings is 1. The van der Waals surface area contributed by atoms with Crippen molar-refractivity contribution in [1.82, 2.24) is 14.8 Å². The Balaban J connectivity index is 1.14. The van der Waals surface area contributed by atoms with Gasteiger partial charge in [0.1, 0.15) is 0 Å². The van der Waals surface area contributed by atoms with Gasteiger partial charge in [0.15, 0.2) is 0 Å². The molecule has 6 rings (SSSR count). The fraction of sp³-hybridized carbons (Fsp3) is 0.514. The van der Waals surface area contributed by atoms with Crippen molar-refractivity contribution in [3.8, 4) is 0 Å². The topological polar surface area (TPSA) is 124 Å². The number of halogens is 2. The highest BCUT2D eigenvalue weighted by Gasteiger charge is 2.40. The molecule has 0 radical (unpaired) electrons. The molecule has 3 N–H and O–H groups in total. The zero-order chi connectivity index (χ0) is 33.2. The number of hydrogen-bond donors (Lipinski definition) is 3. The van der Waals surface area contributed by atoms with Gasteiger partial charge < -0.3 is 29.8 Å². The lowest BCUT2D eigenvalue weighted by Crippen LogP contribution is -2.51. The number of fused-ring (bicyclic) bond motifs is 1. The van der Waals surface area contributed by atoms with E-state index in [0.29, 0.717) is 60.7 Å². The van der Waals surface area contributed by atoms with Crippen molar-refractivity contribution < 1.29 is 29.0 Å². The van der Waals surface area contributed by atoms with E-state index in [2.05, 4.69) is 29.0 Å². The second kappa shape index (κ2) is 14.5. The first-order valence-corrected chi connectivity index (χ1v) is 17.2. The van der Waals surface area contributed by atoms with Crippen LogP contribution in [0.15, 0.2) is 42.6 Å². The number of para-hydroxylation sites is 1. The average Bonchev–Trinajstić information content (AvgIpc) is 3.67. The van der Waals surface area contributed by atoms with Crippen molar-refractivity contribution in [3.63, 3.8) is 0 Å². The predicted octanol–water partition coefficient (Wildman–Crippen LogP) is 6.01. The molecule has 0 bridgehead atoms. The number of anilines is 1. The van der Waals surface area contributed by atoms with Gasteiger partial charge in [0, 0.05) is 47.8 Å². The van der Waals surface area contributed by atoms with Crippen LogP contribution in [0.4, 0.5) is 5.69 Å². The van der Waals surface area contributed by atoms with E-state index in [-0.39, 0.29) is 59.6 Å². The monoisotopic (exact) mass is 684 g/mol. The van der Waals surface area contributed by atoms with Crippen molar-refractivity contribution in [2.24, 2.45) is 5.92 Å². The molecule has 3 fully saturated rings. The van der Waals surface area contributed by atoms with Gasteiger partial charge in [-0.15, -0.1) is 0 Å². The summed E-state index contributed by atoms with van der Waals surface area (Å²) in [7, 11) is 0. The summed E-state index contributed by atoms with van der Waals surface area (Å²) in [6.07, 6.45) is 5.33. The zero-order valence-corrected chi connectivity index (χ0v) is 28.2. The molecule has 3 aromatic rings. The van der Waals surface area contributed by atoms with Crippen LogP contribution in [0.25, 0.3) is 10.9 Å². The van der Waals surface area contributed by atoms with Gasteiger partial charge in [-0.05, 0) is 69.7 Å². The standard InChI is InChI=1S/C35H42Cl2N4O6/c1-20-16-40(17-21(2)47-20)24-13-25(19-46-26-9-7-22(8-10-26)35(44)45)41(18-24)33(42)12-23-11-30(37)32(14-29(23)36)39-34(43)28-15-38-31-6-4-3-5-27(28)31/h3-6,11,14-15,20-22,24-26,38H,7-10,12-13,16-19H2,1-2H3,(H,39,43)(H,44,45)/t20-,21+,22-,24-,25-,26-/m0/s1. The number of rotatable bonds is 9. The summed E-state index contributed by atoms with van der Waals surface area (Å²) in [5.41, 5.74) is 2.29. The lowest BCUT2D eigenvalue weighted by molar-refractivity contribution is -0.144. The number of carboxylic acids is 1. The van der Waals surface area contributed by atoms with Crippen molar-refractivity contribution in [2.75, 3.05) is 31.6 Å². The number of hydrogen-bond acceptors (Lipinski definition) is 6. The molecular weight excluding hydrogens is 643 g/mol. The van der Waals surface area contributed by atoms with Gasteiger partial charge in [-0.1, -0.05) is 41.4 Å². The molecule has 1 aromatic heterocycles. The van der Waals surface area contributed by atoms with Crippen LogP contribution in [-0.2, 0) is 25.5 Å². The first kappa shape index (κ1) is 33.7. The summed E-state index contributed by atoms with van der Waals surface area (Å²) >= 11 is 13.3. The molecule has 47 heavy (non-hydrogen) atoms. The van der Waals surface area contributed by atoms with Crippen LogP contribution in [0.5, 0.6) is 0 Å². The van der Waals surface area contributed by atoms with Crippen molar-refractivity contribution in [2.45, 2.75) is 82.8 Å². The lowest BCUT2D eigenvalue weighted by Gasteiger charge is -2.38. The first-order valence-electron chi connectivity index (χ1n) is 16.4. The highest BCUT2D eigenvalue weighted by atomic mass is 35.5. The molecule has 4 atom stereocenters. The molecule has 2 aliphatic heterocycles. The van der Waals surface area contributed by atoms with E-state index in [9.17, 15) is 19.5 Å². The van der Waals surface area contributed by atoms with Crippen LogP contribution in [0.2, 0.25) is 10.0 Å². The number of aliphatic carboxylic acids is 1. The van der Waals surface area contributed by atoms with E-state index >= 15 is 0 Å². The third-order valence-corrected chi connectivity index (χ3v) is 10.4. The number of ether oxygens (including phenoxy) is 2. The SMILES string of the molecule is C[C@@H]1CN([C@H]2C[C@@H](CO[C@H]3CC[C@H](C(=O)O)CC3)N(C(=O)Cc3cc(Cl)c(NC(=O)c4c[nH]c5ccccc45)cc3Cl)C2)C[C@H](C)O1. The molecule has 0 spiro atoms. The number of aromatic nitrogens is 1. The number of likely N-dealkylation sites (tertiary alicyclic amines) is 1. The van der Waals surface area contributed by atoms with E-state index in [1.807, 2.05) is 29.2 Å². The van der Waals surface area contributed by atoms with E-state index < -0.39 is 5.97 Å². The van der Waals surface area contributed by atoms with Crippen LogP contribution in [0.3, 0.4) is 0 Å². The summed E-state index contributed by atoms with van der Waals surface area (Å²) in [4.78, 5) is 45.9. The number of carbonyl (C=O) groups is 3. The van der Waals surface area contributed by atoms with Gasteiger partial charge in [0.2, 0.25) is 5.91 Å². The fourth-order valence-electron chi connectivity index (χ4n) is 7.39. The Labute approximate surface area is 284 Å².